The third kappa shape index (κ3) is 3.60. The highest BCUT2D eigenvalue weighted by molar-refractivity contribution is 5.31. The van der Waals surface area contributed by atoms with Crippen LogP contribution in [0, 0.1) is 13.8 Å². The van der Waals surface area contributed by atoms with Gasteiger partial charge in [0.25, 0.3) is 0 Å². The van der Waals surface area contributed by atoms with Gasteiger partial charge in [0.05, 0.1) is 5.69 Å². The predicted molar refractivity (Wildman–Crippen MR) is 76.6 cm³/mol. The van der Waals surface area contributed by atoms with Crippen molar-refractivity contribution in [2.24, 2.45) is 0 Å². The van der Waals surface area contributed by atoms with Crippen LogP contribution in [0.25, 0.3) is 0 Å². The van der Waals surface area contributed by atoms with Gasteiger partial charge in [-0.15, -0.1) is 0 Å². The number of hydrogen-bond acceptors (Lipinski definition) is 5. The van der Waals surface area contributed by atoms with Crippen LogP contribution in [0.15, 0.2) is 16.9 Å². The summed E-state index contributed by atoms with van der Waals surface area (Å²) in [5.41, 5.74) is 2.01. The molecule has 0 spiro atoms. The lowest BCUT2D eigenvalue weighted by atomic mass is 10.2. The van der Waals surface area contributed by atoms with E-state index in [1.54, 1.807) is 6.20 Å². The summed E-state index contributed by atoms with van der Waals surface area (Å²) in [5, 5.41) is 7.28. The molecular formula is C14H22N4O2. The lowest BCUT2D eigenvalue weighted by Crippen LogP contribution is -2.09. The molecule has 0 aliphatic heterocycles. The summed E-state index contributed by atoms with van der Waals surface area (Å²) in [6, 6.07) is 0. The fraction of sp³-hybridized carbons (Fsp3) is 0.571. The second-order valence-corrected chi connectivity index (χ2v) is 4.65. The third-order valence-corrected chi connectivity index (χ3v) is 3.21. The van der Waals surface area contributed by atoms with Gasteiger partial charge in [-0.3, -0.25) is 0 Å². The van der Waals surface area contributed by atoms with Gasteiger partial charge < -0.3 is 19.1 Å². The van der Waals surface area contributed by atoms with E-state index in [2.05, 4.69) is 20.0 Å². The van der Waals surface area contributed by atoms with Crippen molar-refractivity contribution in [3.63, 3.8) is 0 Å². The maximum Gasteiger partial charge on any atom is 0.203 e. The largest absolute Gasteiger partial charge is 0.382 e. The SMILES string of the molecule is CCOCCCn1ccnc1NCc1c(C)noc1C. The highest BCUT2D eigenvalue weighted by Crippen LogP contribution is 2.14. The second kappa shape index (κ2) is 7.09. The Balaban J connectivity index is 1.89. The minimum atomic E-state index is 0.670. The number of nitrogens with one attached hydrogen (secondary N) is 1. The minimum absolute atomic E-state index is 0.670. The Hall–Kier alpha value is -1.82. The summed E-state index contributed by atoms with van der Waals surface area (Å²) >= 11 is 0. The average molecular weight is 278 g/mol. The first-order chi connectivity index (χ1) is 9.72. The molecule has 2 aromatic rings. The Morgan fingerprint density at radius 1 is 1.40 bits per heavy atom. The molecule has 0 aromatic carbocycles. The number of aromatic nitrogens is 3. The topological polar surface area (TPSA) is 65.1 Å². The molecule has 6 nitrogen and oxygen atoms in total. The van der Waals surface area contributed by atoms with Crippen molar-refractivity contribution in [3.05, 3.63) is 29.4 Å². The molecule has 6 heteroatoms. The van der Waals surface area contributed by atoms with Gasteiger partial charge in [-0.2, -0.15) is 0 Å². The summed E-state index contributed by atoms with van der Waals surface area (Å²) in [6.45, 7) is 8.98. The first kappa shape index (κ1) is 14.6. The van der Waals surface area contributed by atoms with Crippen LogP contribution in [-0.2, 0) is 17.8 Å². The first-order valence-corrected chi connectivity index (χ1v) is 6.97. The zero-order valence-electron chi connectivity index (χ0n) is 12.3. The quantitative estimate of drug-likeness (QED) is 0.752. The van der Waals surface area contributed by atoms with Crippen molar-refractivity contribution in [3.8, 4) is 0 Å². The van der Waals surface area contributed by atoms with Crippen molar-refractivity contribution < 1.29 is 9.26 Å². The van der Waals surface area contributed by atoms with E-state index in [0.29, 0.717) is 6.54 Å². The highest BCUT2D eigenvalue weighted by atomic mass is 16.5. The zero-order valence-corrected chi connectivity index (χ0v) is 12.3. The molecule has 1 N–H and O–H groups in total. The van der Waals surface area contributed by atoms with Crippen molar-refractivity contribution in [2.75, 3.05) is 18.5 Å². The number of rotatable bonds is 8. The molecule has 2 heterocycles. The Morgan fingerprint density at radius 3 is 2.95 bits per heavy atom. The molecule has 0 aliphatic carbocycles. The van der Waals surface area contributed by atoms with Crippen molar-refractivity contribution >= 4 is 5.95 Å². The van der Waals surface area contributed by atoms with Crippen LogP contribution in [0.2, 0.25) is 0 Å². The lowest BCUT2D eigenvalue weighted by molar-refractivity contribution is 0.142. The van der Waals surface area contributed by atoms with Crippen LogP contribution < -0.4 is 5.32 Å². The standard InChI is InChI=1S/C14H22N4O2/c1-4-19-9-5-7-18-8-6-15-14(18)16-10-13-11(2)17-20-12(13)3/h6,8H,4-5,7,9-10H2,1-3H3,(H,15,16). The van der Waals surface area contributed by atoms with Crippen molar-refractivity contribution in [1.82, 2.24) is 14.7 Å². The number of nitrogens with zero attached hydrogens (tertiary/aromatic N) is 3. The molecule has 0 unspecified atom stereocenters. The molecule has 0 atom stereocenters. The Kier molecular flexibility index (Phi) is 5.17. The number of ether oxygens (including phenoxy) is 1. The minimum Gasteiger partial charge on any atom is -0.382 e. The monoisotopic (exact) mass is 278 g/mol. The highest BCUT2D eigenvalue weighted by Gasteiger charge is 2.10. The molecule has 110 valence electrons. The molecule has 0 fully saturated rings. The number of aryl methyl sites for hydroxylation is 3. The summed E-state index contributed by atoms with van der Waals surface area (Å²) in [4.78, 5) is 4.33. The maximum atomic E-state index is 5.35. The summed E-state index contributed by atoms with van der Waals surface area (Å²) in [6.07, 6.45) is 4.75. The van der Waals surface area contributed by atoms with E-state index in [4.69, 9.17) is 9.26 Å². The van der Waals surface area contributed by atoms with E-state index in [1.165, 1.54) is 0 Å². The van der Waals surface area contributed by atoms with Gasteiger partial charge >= 0.3 is 0 Å². The van der Waals surface area contributed by atoms with E-state index in [-0.39, 0.29) is 0 Å². The molecule has 0 saturated heterocycles. The van der Waals surface area contributed by atoms with Gasteiger partial charge in [0.2, 0.25) is 5.95 Å². The van der Waals surface area contributed by atoms with Crippen LogP contribution in [-0.4, -0.2) is 27.9 Å². The summed E-state index contributed by atoms with van der Waals surface area (Å²) < 4.78 is 12.6. The van der Waals surface area contributed by atoms with Crippen LogP contribution in [0.1, 0.15) is 30.4 Å². The predicted octanol–water partition coefficient (Wildman–Crippen LogP) is 2.53. The zero-order chi connectivity index (χ0) is 14.4. The van der Waals surface area contributed by atoms with Gasteiger partial charge in [-0.1, -0.05) is 5.16 Å². The Morgan fingerprint density at radius 2 is 2.25 bits per heavy atom. The molecule has 2 rings (SSSR count). The smallest absolute Gasteiger partial charge is 0.203 e. The molecule has 0 amide bonds. The fourth-order valence-corrected chi connectivity index (χ4v) is 2.06. The van der Waals surface area contributed by atoms with E-state index < -0.39 is 0 Å². The second-order valence-electron chi connectivity index (χ2n) is 4.65. The Labute approximate surface area is 119 Å². The number of anilines is 1. The number of imidazole rings is 1. The molecule has 0 bridgehead atoms. The molecule has 0 saturated carbocycles. The van der Waals surface area contributed by atoms with Gasteiger partial charge in [0.1, 0.15) is 5.76 Å². The maximum absolute atomic E-state index is 5.35. The molecule has 2 aromatic heterocycles. The van der Waals surface area contributed by atoms with Crippen LogP contribution in [0.4, 0.5) is 5.95 Å². The van der Waals surface area contributed by atoms with Gasteiger partial charge in [0, 0.05) is 44.3 Å². The van der Waals surface area contributed by atoms with Crippen LogP contribution >= 0.6 is 0 Å². The first-order valence-electron chi connectivity index (χ1n) is 6.97. The summed E-state index contributed by atoms with van der Waals surface area (Å²) in [7, 11) is 0. The van der Waals surface area contributed by atoms with E-state index in [0.717, 1.165) is 49.1 Å². The Bertz CT molecular complexity index is 514. The van der Waals surface area contributed by atoms with Gasteiger partial charge in [-0.05, 0) is 27.2 Å². The molecular weight excluding hydrogens is 256 g/mol. The number of hydrogen-bond donors (Lipinski definition) is 1. The van der Waals surface area contributed by atoms with Gasteiger partial charge in [-0.25, -0.2) is 4.98 Å². The third-order valence-electron chi connectivity index (χ3n) is 3.21. The average Bonchev–Trinajstić information content (AvgIpc) is 3.01. The van der Waals surface area contributed by atoms with E-state index >= 15 is 0 Å². The van der Waals surface area contributed by atoms with Crippen LogP contribution in [0.5, 0.6) is 0 Å². The molecule has 20 heavy (non-hydrogen) atoms. The van der Waals surface area contributed by atoms with E-state index in [1.807, 2.05) is 27.0 Å². The molecule has 0 radical (unpaired) electrons. The van der Waals surface area contributed by atoms with Crippen molar-refractivity contribution in [2.45, 2.75) is 40.3 Å². The van der Waals surface area contributed by atoms with Crippen molar-refractivity contribution in [1.29, 1.82) is 0 Å². The van der Waals surface area contributed by atoms with Gasteiger partial charge in [0.15, 0.2) is 0 Å². The normalized spacial score (nSPS) is 10.9. The fourth-order valence-electron chi connectivity index (χ4n) is 2.06. The van der Waals surface area contributed by atoms with E-state index in [9.17, 15) is 0 Å². The molecule has 0 aliphatic rings. The van der Waals surface area contributed by atoms with Crippen LogP contribution in [0.3, 0.4) is 0 Å². The lowest BCUT2D eigenvalue weighted by Gasteiger charge is -2.09. The summed E-state index contributed by atoms with van der Waals surface area (Å²) in [5.74, 6) is 1.71.